The molecule has 0 fully saturated rings. The molecular weight excluding hydrogens is 560 g/mol. The van der Waals surface area contributed by atoms with Crippen LogP contribution in [-0.4, -0.2) is 10.2 Å². The Balaban J connectivity index is 1.36. The highest BCUT2D eigenvalue weighted by Crippen LogP contribution is 2.57. The number of benzene rings is 6. The van der Waals surface area contributed by atoms with Crippen molar-refractivity contribution in [2.24, 2.45) is 0 Å². The van der Waals surface area contributed by atoms with Gasteiger partial charge in [-0.25, -0.2) is 0 Å². The molecule has 0 saturated carbocycles. The van der Waals surface area contributed by atoms with E-state index in [-0.39, 0.29) is 22.9 Å². The SMILES string of the molecule is C#Cc1cccc2c1-c1ccccc1C2(c1ccc(Oc2ccc(O)c(N)c2)cc1)c1ccc(Oc2ccc(O)c(N)c2)cc1. The third-order valence-electron chi connectivity index (χ3n) is 8.27. The van der Waals surface area contributed by atoms with Crippen molar-refractivity contribution >= 4 is 11.4 Å². The maximum absolute atomic E-state index is 9.80. The zero-order valence-corrected chi connectivity index (χ0v) is 24.1. The molecule has 0 unspecified atom stereocenters. The Bertz CT molecular complexity index is 2020. The van der Waals surface area contributed by atoms with Crippen LogP contribution >= 0.6 is 0 Å². The summed E-state index contributed by atoms with van der Waals surface area (Å²) in [6.07, 6.45) is 6.04. The van der Waals surface area contributed by atoms with Crippen molar-refractivity contribution in [1.82, 2.24) is 0 Å². The minimum atomic E-state index is -0.693. The number of phenols is 2. The van der Waals surface area contributed by atoms with E-state index in [1.54, 1.807) is 24.3 Å². The molecule has 0 saturated heterocycles. The number of nitrogen functional groups attached to an aromatic ring is 2. The van der Waals surface area contributed by atoms with Gasteiger partial charge in [-0.1, -0.05) is 66.6 Å². The van der Waals surface area contributed by atoms with Crippen LogP contribution in [-0.2, 0) is 5.41 Å². The second-order valence-electron chi connectivity index (χ2n) is 10.9. The lowest BCUT2D eigenvalue weighted by molar-refractivity contribution is 0.466. The van der Waals surface area contributed by atoms with Crippen LogP contribution in [0.2, 0.25) is 0 Å². The first kappa shape index (κ1) is 27.5. The lowest BCUT2D eigenvalue weighted by Crippen LogP contribution is -2.28. The molecule has 218 valence electrons. The highest BCUT2D eigenvalue weighted by atomic mass is 16.5. The second-order valence-corrected chi connectivity index (χ2v) is 10.9. The van der Waals surface area contributed by atoms with Crippen molar-refractivity contribution in [3.8, 4) is 58.0 Å². The average Bonchev–Trinajstić information content (AvgIpc) is 3.37. The summed E-state index contributed by atoms with van der Waals surface area (Å²) in [6.45, 7) is 0. The fourth-order valence-corrected chi connectivity index (χ4v) is 6.25. The highest BCUT2D eigenvalue weighted by molar-refractivity contribution is 5.89. The van der Waals surface area contributed by atoms with Gasteiger partial charge in [0.15, 0.2) is 0 Å². The summed E-state index contributed by atoms with van der Waals surface area (Å²) in [7, 11) is 0. The molecule has 0 aromatic heterocycles. The van der Waals surface area contributed by atoms with E-state index in [0.29, 0.717) is 23.0 Å². The third kappa shape index (κ3) is 4.55. The molecule has 0 bridgehead atoms. The zero-order chi connectivity index (χ0) is 31.1. The van der Waals surface area contributed by atoms with Gasteiger partial charge in [0.2, 0.25) is 0 Å². The summed E-state index contributed by atoms with van der Waals surface area (Å²) < 4.78 is 12.2. The Hall–Kier alpha value is -6.32. The van der Waals surface area contributed by atoms with Crippen molar-refractivity contribution in [3.05, 3.63) is 155 Å². The van der Waals surface area contributed by atoms with Gasteiger partial charge in [-0.2, -0.15) is 0 Å². The van der Waals surface area contributed by atoms with E-state index in [9.17, 15) is 10.2 Å². The lowest BCUT2D eigenvalue weighted by atomic mass is 9.67. The van der Waals surface area contributed by atoms with E-state index in [2.05, 4.69) is 54.5 Å². The topological polar surface area (TPSA) is 111 Å². The number of terminal acetylenes is 1. The molecule has 0 atom stereocenters. The summed E-state index contributed by atoms with van der Waals surface area (Å²) in [5.41, 5.74) is 18.7. The summed E-state index contributed by atoms with van der Waals surface area (Å²) >= 11 is 0. The number of phenolic OH excluding ortho intramolecular Hbond substituents is 2. The van der Waals surface area contributed by atoms with Crippen LogP contribution in [0.4, 0.5) is 11.4 Å². The van der Waals surface area contributed by atoms with Crippen LogP contribution in [0, 0.1) is 12.3 Å². The van der Waals surface area contributed by atoms with E-state index < -0.39 is 5.41 Å². The monoisotopic (exact) mass is 588 g/mol. The van der Waals surface area contributed by atoms with Gasteiger partial charge < -0.3 is 31.2 Å². The fourth-order valence-electron chi connectivity index (χ4n) is 6.25. The van der Waals surface area contributed by atoms with Crippen LogP contribution in [0.3, 0.4) is 0 Å². The largest absolute Gasteiger partial charge is 0.506 e. The molecule has 0 heterocycles. The first-order chi connectivity index (χ1) is 21.9. The third-order valence-corrected chi connectivity index (χ3v) is 8.27. The van der Waals surface area contributed by atoms with E-state index in [0.717, 1.165) is 38.9 Å². The van der Waals surface area contributed by atoms with Gasteiger partial charge >= 0.3 is 0 Å². The number of rotatable bonds is 6. The maximum Gasteiger partial charge on any atom is 0.138 e. The summed E-state index contributed by atoms with van der Waals surface area (Å²) in [5, 5.41) is 19.6. The molecule has 1 aliphatic carbocycles. The van der Waals surface area contributed by atoms with Crippen LogP contribution in [0.1, 0.15) is 27.8 Å². The van der Waals surface area contributed by atoms with Crippen molar-refractivity contribution in [2.75, 3.05) is 11.5 Å². The van der Waals surface area contributed by atoms with Crippen molar-refractivity contribution in [2.45, 2.75) is 5.41 Å². The van der Waals surface area contributed by atoms with Crippen LogP contribution in [0.15, 0.2) is 127 Å². The predicted molar refractivity (Wildman–Crippen MR) is 177 cm³/mol. The minimum Gasteiger partial charge on any atom is -0.506 e. The number of fused-ring (bicyclic) bond motifs is 3. The summed E-state index contributed by atoms with van der Waals surface area (Å²) in [4.78, 5) is 0. The van der Waals surface area contributed by atoms with Gasteiger partial charge in [0.1, 0.15) is 34.5 Å². The molecule has 0 aliphatic heterocycles. The molecule has 6 N–H and O–H groups in total. The molecule has 7 rings (SSSR count). The van der Waals surface area contributed by atoms with Crippen LogP contribution < -0.4 is 20.9 Å². The molecule has 45 heavy (non-hydrogen) atoms. The van der Waals surface area contributed by atoms with E-state index >= 15 is 0 Å². The first-order valence-electron chi connectivity index (χ1n) is 14.3. The van der Waals surface area contributed by atoms with Gasteiger partial charge in [0, 0.05) is 23.3 Å². The quantitative estimate of drug-likeness (QED) is 0.0886. The smallest absolute Gasteiger partial charge is 0.138 e. The molecule has 6 heteroatoms. The fraction of sp³-hybridized carbons (Fsp3) is 0.0256. The molecule has 6 aromatic carbocycles. The van der Waals surface area contributed by atoms with E-state index in [1.165, 1.54) is 12.1 Å². The van der Waals surface area contributed by atoms with Crippen molar-refractivity contribution < 1.29 is 19.7 Å². The Morgan fingerprint density at radius 2 is 1.04 bits per heavy atom. The second kappa shape index (κ2) is 10.7. The number of aromatic hydroxyl groups is 2. The van der Waals surface area contributed by atoms with Gasteiger partial charge in [-0.3, -0.25) is 0 Å². The van der Waals surface area contributed by atoms with Crippen molar-refractivity contribution in [1.29, 1.82) is 0 Å². The Morgan fingerprint density at radius 3 is 1.56 bits per heavy atom. The maximum atomic E-state index is 9.80. The summed E-state index contributed by atoms with van der Waals surface area (Å²) in [5.74, 6) is 5.21. The lowest BCUT2D eigenvalue weighted by Gasteiger charge is -2.34. The number of ether oxygens (including phenoxy) is 2. The van der Waals surface area contributed by atoms with Gasteiger partial charge in [-0.05, 0) is 82.4 Å². The molecule has 0 radical (unpaired) electrons. The minimum absolute atomic E-state index is 0.00755. The normalized spacial score (nSPS) is 12.5. The average molecular weight is 589 g/mol. The molecule has 0 spiro atoms. The predicted octanol–water partition coefficient (Wildman–Crippen LogP) is 8.19. The van der Waals surface area contributed by atoms with E-state index in [1.807, 2.05) is 42.5 Å². The Kier molecular flexibility index (Phi) is 6.57. The Labute approximate surface area is 260 Å². The van der Waals surface area contributed by atoms with Gasteiger partial charge in [0.25, 0.3) is 0 Å². The number of hydrogen-bond donors (Lipinski definition) is 4. The first-order valence-corrected chi connectivity index (χ1v) is 14.3. The molecule has 6 nitrogen and oxygen atoms in total. The van der Waals surface area contributed by atoms with Gasteiger partial charge in [-0.15, -0.1) is 6.42 Å². The number of nitrogens with two attached hydrogens (primary N) is 2. The standard InChI is InChI=1S/C39H28N2O4/c1-2-24-6-5-9-33-38(24)31-7-3-4-8-32(31)39(33,25-10-14-27(15-11-25)44-29-18-20-36(42)34(40)22-29)26-12-16-28(17-13-26)45-30-19-21-37(43)35(41)23-30/h1,3-23,42-43H,40-41H2. The summed E-state index contributed by atoms with van der Waals surface area (Å²) in [6, 6.07) is 40.0. The zero-order valence-electron chi connectivity index (χ0n) is 24.1. The van der Waals surface area contributed by atoms with Crippen LogP contribution in [0.25, 0.3) is 11.1 Å². The van der Waals surface area contributed by atoms with Gasteiger partial charge in [0.05, 0.1) is 16.8 Å². The van der Waals surface area contributed by atoms with Crippen molar-refractivity contribution in [3.63, 3.8) is 0 Å². The van der Waals surface area contributed by atoms with Crippen LogP contribution in [0.5, 0.6) is 34.5 Å². The number of anilines is 2. The molecule has 6 aromatic rings. The number of hydrogen-bond acceptors (Lipinski definition) is 6. The van der Waals surface area contributed by atoms with E-state index in [4.69, 9.17) is 27.4 Å². The Morgan fingerprint density at radius 1 is 0.556 bits per heavy atom. The highest BCUT2D eigenvalue weighted by Gasteiger charge is 2.46. The molecular formula is C39H28N2O4. The molecule has 0 amide bonds. The molecule has 1 aliphatic rings.